The second-order valence-electron chi connectivity index (χ2n) is 6.79. The van der Waals surface area contributed by atoms with E-state index in [0.29, 0.717) is 6.54 Å². The van der Waals surface area contributed by atoms with Crippen molar-refractivity contribution in [3.8, 4) is 0 Å². The van der Waals surface area contributed by atoms with Gasteiger partial charge in [0.25, 0.3) is 0 Å². The van der Waals surface area contributed by atoms with Crippen molar-refractivity contribution in [2.75, 3.05) is 14.1 Å². The standard InChI is InChI=1S/C20H25N3O2/c1-21-19(24)16-8-3-4-9-17(16)20(25)23(2)13-14-7-5-11-18-15(14)10-6-12-22-18/h5-7,10-12,16-17H,3-4,8-9,13H2,1-2H3,(H,21,24)/t16-,17+/m0/s1. The summed E-state index contributed by atoms with van der Waals surface area (Å²) in [4.78, 5) is 31.3. The Morgan fingerprint density at radius 1 is 1.16 bits per heavy atom. The number of carbonyl (C=O) groups is 2. The predicted molar refractivity (Wildman–Crippen MR) is 97.7 cm³/mol. The number of rotatable bonds is 4. The minimum atomic E-state index is -0.216. The third-order valence-corrected chi connectivity index (χ3v) is 5.19. The van der Waals surface area contributed by atoms with Crippen LogP contribution in [0.1, 0.15) is 31.2 Å². The minimum Gasteiger partial charge on any atom is -0.359 e. The van der Waals surface area contributed by atoms with E-state index < -0.39 is 0 Å². The number of amides is 2. The zero-order valence-electron chi connectivity index (χ0n) is 14.9. The number of nitrogens with zero attached hydrogens (tertiary/aromatic N) is 2. The molecule has 5 nitrogen and oxygen atoms in total. The molecule has 25 heavy (non-hydrogen) atoms. The van der Waals surface area contributed by atoms with Gasteiger partial charge in [0.05, 0.1) is 5.52 Å². The Bertz CT molecular complexity index is 769. The van der Waals surface area contributed by atoms with E-state index in [1.54, 1.807) is 18.1 Å². The highest BCUT2D eigenvalue weighted by molar-refractivity contribution is 5.88. The van der Waals surface area contributed by atoms with Gasteiger partial charge in [-0.15, -0.1) is 0 Å². The SMILES string of the molecule is CNC(=O)[C@H]1CCCC[C@H]1C(=O)N(C)Cc1cccc2ncccc12. The number of carbonyl (C=O) groups excluding carboxylic acids is 2. The fraction of sp³-hybridized carbons (Fsp3) is 0.450. The summed E-state index contributed by atoms with van der Waals surface area (Å²) < 4.78 is 0. The molecule has 3 rings (SSSR count). The van der Waals surface area contributed by atoms with Gasteiger partial charge in [0, 0.05) is 44.1 Å². The van der Waals surface area contributed by atoms with Crippen LogP contribution in [-0.4, -0.2) is 35.8 Å². The Morgan fingerprint density at radius 3 is 2.68 bits per heavy atom. The van der Waals surface area contributed by atoms with Gasteiger partial charge < -0.3 is 10.2 Å². The lowest BCUT2D eigenvalue weighted by Gasteiger charge is -2.32. The molecule has 0 spiro atoms. The Kier molecular flexibility index (Phi) is 5.31. The summed E-state index contributed by atoms with van der Waals surface area (Å²) in [5, 5.41) is 3.78. The summed E-state index contributed by atoms with van der Waals surface area (Å²) in [6.45, 7) is 0.527. The van der Waals surface area contributed by atoms with Crippen molar-refractivity contribution in [1.82, 2.24) is 15.2 Å². The normalized spacial score (nSPS) is 20.2. The fourth-order valence-electron chi connectivity index (χ4n) is 3.85. The summed E-state index contributed by atoms with van der Waals surface area (Å²) in [7, 11) is 3.47. The minimum absolute atomic E-state index is 0.0131. The topological polar surface area (TPSA) is 62.3 Å². The predicted octanol–water partition coefficient (Wildman–Crippen LogP) is 2.75. The van der Waals surface area contributed by atoms with Crippen LogP contribution in [-0.2, 0) is 16.1 Å². The molecule has 2 atom stereocenters. The monoisotopic (exact) mass is 339 g/mol. The first-order chi connectivity index (χ1) is 12.1. The molecule has 132 valence electrons. The highest BCUT2D eigenvalue weighted by atomic mass is 16.2. The van der Waals surface area contributed by atoms with E-state index in [1.807, 2.05) is 37.4 Å². The highest BCUT2D eigenvalue weighted by Crippen LogP contribution is 2.32. The van der Waals surface area contributed by atoms with Gasteiger partial charge in [-0.3, -0.25) is 14.6 Å². The Labute approximate surface area is 148 Å². The van der Waals surface area contributed by atoms with Crippen molar-refractivity contribution in [3.63, 3.8) is 0 Å². The summed E-state index contributed by atoms with van der Waals surface area (Å²) >= 11 is 0. The van der Waals surface area contributed by atoms with Gasteiger partial charge in [0.1, 0.15) is 0 Å². The number of hydrogen-bond donors (Lipinski definition) is 1. The highest BCUT2D eigenvalue weighted by Gasteiger charge is 2.36. The van der Waals surface area contributed by atoms with Crippen LogP contribution in [0.4, 0.5) is 0 Å². The molecule has 1 saturated carbocycles. The van der Waals surface area contributed by atoms with Gasteiger partial charge in [-0.2, -0.15) is 0 Å². The number of aromatic nitrogens is 1. The summed E-state index contributed by atoms with van der Waals surface area (Å²) in [5.74, 6) is -0.371. The molecule has 5 heteroatoms. The smallest absolute Gasteiger partial charge is 0.226 e. The van der Waals surface area contributed by atoms with Gasteiger partial charge in [0.2, 0.25) is 11.8 Å². The van der Waals surface area contributed by atoms with Crippen LogP contribution < -0.4 is 5.32 Å². The van der Waals surface area contributed by atoms with Crippen molar-refractivity contribution in [1.29, 1.82) is 0 Å². The Hall–Kier alpha value is -2.43. The molecule has 0 radical (unpaired) electrons. The number of pyridine rings is 1. The molecule has 0 saturated heterocycles. The molecule has 1 aromatic carbocycles. The molecule has 0 bridgehead atoms. The average molecular weight is 339 g/mol. The summed E-state index contributed by atoms with van der Waals surface area (Å²) in [6, 6.07) is 9.92. The van der Waals surface area contributed by atoms with Crippen molar-refractivity contribution in [3.05, 3.63) is 42.1 Å². The van der Waals surface area contributed by atoms with Crippen molar-refractivity contribution >= 4 is 22.7 Å². The molecule has 1 aliphatic carbocycles. The fourth-order valence-corrected chi connectivity index (χ4v) is 3.85. The number of hydrogen-bond acceptors (Lipinski definition) is 3. The largest absolute Gasteiger partial charge is 0.359 e. The van der Waals surface area contributed by atoms with Crippen molar-refractivity contribution < 1.29 is 9.59 Å². The van der Waals surface area contributed by atoms with Crippen molar-refractivity contribution in [2.24, 2.45) is 11.8 Å². The molecule has 0 unspecified atom stereocenters. The number of benzene rings is 1. The number of nitrogens with one attached hydrogen (secondary N) is 1. The lowest BCUT2D eigenvalue weighted by molar-refractivity contribution is -0.142. The van der Waals surface area contributed by atoms with Gasteiger partial charge in [0.15, 0.2) is 0 Å². The van der Waals surface area contributed by atoms with Gasteiger partial charge in [-0.25, -0.2) is 0 Å². The first kappa shape index (κ1) is 17.4. The van der Waals surface area contributed by atoms with E-state index in [1.165, 1.54) is 0 Å². The first-order valence-electron chi connectivity index (χ1n) is 8.91. The Balaban J connectivity index is 1.78. The Morgan fingerprint density at radius 2 is 1.92 bits per heavy atom. The molecule has 1 fully saturated rings. The van der Waals surface area contributed by atoms with Crippen LogP contribution in [0.2, 0.25) is 0 Å². The zero-order valence-corrected chi connectivity index (χ0v) is 14.9. The summed E-state index contributed by atoms with van der Waals surface area (Å²) in [6.07, 6.45) is 5.38. The molecule has 2 aromatic rings. The van der Waals surface area contributed by atoms with E-state index in [0.717, 1.165) is 42.1 Å². The van der Waals surface area contributed by atoms with Crippen molar-refractivity contribution in [2.45, 2.75) is 32.2 Å². The maximum atomic E-state index is 13.0. The number of fused-ring (bicyclic) bond motifs is 1. The molecule has 0 aliphatic heterocycles. The second-order valence-corrected chi connectivity index (χ2v) is 6.79. The van der Waals surface area contributed by atoms with Crippen LogP contribution >= 0.6 is 0 Å². The van der Waals surface area contributed by atoms with Gasteiger partial charge >= 0.3 is 0 Å². The lowest BCUT2D eigenvalue weighted by Crippen LogP contribution is -2.43. The molecule has 1 aliphatic rings. The maximum Gasteiger partial charge on any atom is 0.226 e. The van der Waals surface area contributed by atoms with E-state index in [-0.39, 0.29) is 23.7 Å². The van der Waals surface area contributed by atoms with E-state index in [2.05, 4.69) is 10.3 Å². The van der Waals surface area contributed by atoms with Crippen LogP contribution in [0.15, 0.2) is 36.5 Å². The molecular formula is C20H25N3O2. The summed E-state index contributed by atoms with van der Waals surface area (Å²) in [5.41, 5.74) is 2.01. The first-order valence-corrected chi connectivity index (χ1v) is 8.91. The van der Waals surface area contributed by atoms with Gasteiger partial charge in [-0.05, 0) is 30.5 Å². The molecule has 1 heterocycles. The third kappa shape index (κ3) is 3.65. The van der Waals surface area contributed by atoms with E-state index in [9.17, 15) is 9.59 Å². The second kappa shape index (κ2) is 7.64. The maximum absolute atomic E-state index is 13.0. The third-order valence-electron chi connectivity index (χ3n) is 5.19. The van der Waals surface area contributed by atoms with Crippen LogP contribution in [0.25, 0.3) is 10.9 Å². The quantitative estimate of drug-likeness (QED) is 0.932. The van der Waals surface area contributed by atoms with Crippen LogP contribution in [0, 0.1) is 11.8 Å². The molecule has 1 aromatic heterocycles. The van der Waals surface area contributed by atoms with E-state index in [4.69, 9.17) is 0 Å². The zero-order chi connectivity index (χ0) is 17.8. The van der Waals surface area contributed by atoms with Crippen LogP contribution in [0.3, 0.4) is 0 Å². The lowest BCUT2D eigenvalue weighted by atomic mass is 9.78. The molecular weight excluding hydrogens is 314 g/mol. The average Bonchev–Trinajstić information content (AvgIpc) is 2.67. The van der Waals surface area contributed by atoms with Crippen LogP contribution in [0.5, 0.6) is 0 Å². The van der Waals surface area contributed by atoms with Gasteiger partial charge in [-0.1, -0.05) is 31.0 Å². The molecule has 1 N–H and O–H groups in total. The molecule has 2 amide bonds. The van der Waals surface area contributed by atoms with E-state index >= 15 is 0 Å².